The number of hydrogen-bond acceptors (Lipinski definition) is 8. The fourth-order valence-corrected chi connectivity index (χ4v) is 4.97. The zero-order valence-corrected chi connectivity index (χ0v) is 19.7. The minimum Gasteiger partial charge on any atom is -0.491 e. The average molecular weight is 471 g/mol. The molecule has 0 aliphatic carbocycles. The summed E-state index contributed by atoms with van der Waals surface area (Å²) in [5, 5.41) is 4.80. The maximum atomic E-state index is 12.9. The van der Waals surface area contributed by atoms with Gasteiger partial charge in [-0.1, -0.05) is 33.1 Å². The van der Waals surface area contributed by atoms with E-state index in [1.54, 1.807) is 18.2 Å². The molecule has 0 saturated heterocycles. The molecule has 10 heteroatoms. The van der Waals surface area contributed by atoms with Crippen LogP contribution in [0.15, 0.2) is 34.5 Å². The van der Waals surface area contributed by atoms with E-state index < -0.39 is 16.2 Å². The van der Waals surface area contributed by atoms with Gasteiger partial charge in [0.05, 0.1) is 19.4 Å². The maximum absolute atomic E-state index is 12.9. The van der Waals surface area contributed by atoms with Gasteiger partial charge >= 0.3 is 6.16 Å². The van der Waals surface area contributed by atoms with E-state index in [9.17, 15) is 13.2 Å². The van der Waals surface area contributed by atoms with Gasteiger partial charge in [0.1, 0.15) is 10.6 Å². The van der Waals surface area contributed by atoms with Crippen molar-refractivity contribution in [3.8, 4) is 10.8 Å². The highest BCUT2D eigenvalue weighted by Crippen LogP contribution is 2.35. The number of sulfonamides is 1. The lowest BCUT2D eigenvalue weighted by molar-refractivity contribution is 0.122. The molecule has 0 fully saturated rings. The molecular weight excluding hydrogens is 440 g/mol. The van der Waals surface area contributed by atoms with E-state index in [4.69, 9.17) is 9.47 Å². The highest BCUT2D eigenvalue weighted by molar-refractivity contribution is 7.93. The van der Waals surface area contributed by atoms with Crippen LogP contribution in [0.5, 0.6) is 10.8 Å². The number of methoxy groups -OCH3 is 1. The first kappa shape index (κ1) is 24.8. The highest BCUT2D eigenvalue weighted by atomic mass is 32.2. The van der Waals surface area contributed by atoms with Crippen LogP contribution in [-0.2, 0) is 14.8 Å². The Labute approximate surface area is 188 Å². The summed E-state index contributed by atoms with van der Waals surface area (Å²) in [6.07, 6.45) is 4.41. The number of hydrogen-bond donors (Lipinski definition) is 2. The van der Waals surface area contributed by atoms with Crippen molar-refractivity contribution in [3.63, 3.8) is 0 Å². The number of thiophene rings is 1. The molecule has 2 rings (SSSR count). The smallest absolute Gasteiger partial charge is 0.491 e. The first-order valence-corrected chi connectivity index (χ1v) is 12.6. The molecule has 0 spiro atoms. The van der Waals surface area contributed by atoms with Gasteiger partial charge in [0.15, 0.2) is 0 Å². The van der Waals surface area contributed by atoms with Crippen molar-refractivity contribution >= 4 is 38.9 Å². The molecule has 0 bridgehead atoms. The molecule has 8 nitrogen and oxygen atoms in total. The summed E-state index contributed by atoms with van der Waals surface area (Å²) in [4.78, 5) is 11.2. The van der Waals surface area contributed by atoms with Crippen molar-refractivity contribution in [1.29, 1.82) is 0 Å². The number of ether oxygens (including phenoxy) is 3. The van der Waals surface area contributed by atoms with Gasteiger partial charge in [-0.3, -0.25) is 4.72 Å². The van der Waals surface area contributed by atoms with Gasteiger partial charge in [0.2, 0.25) is 5.06 Å². The molecule has 0 aliphatic rings. The minimum atomic E-state index is -4.01. The third-order valence-corrected chi connectivity index (χ3v) is 6.58. The van der Waals surface area contributed by atoms with Gasteiger partial charge in [-0.05, 0) is 36.4 Å². The lowest BCUT2D eigenvalue weighted by atomic mass is 10.2. The molecule has 1 heterocycles. The molecule has 1 aromatic heterocycles. The first-order valence-electron chi connectivity index (χ1n) is 10.3. The van der Waals surface area contributed by atoms with Gasteiger partial charge in [0.25, 0.3) is 10.0 Å². The monoisotopic (exact) mass is 470 g/mol. The summed E-state index contributed by atoms with van der Waals surface area (Å²) in [7, 11) is -2.86. The molecule has 2 N–H and O–H groups in total. The van der Waals surface area contributed by atoms with Crippen LogP contribution in [0.4, 0.5) is 16.2 Å². The fourth-order valence-electron chi connectivity index (χ4n) is 2.71. The Hall–Kier alpha value is -2.46. The number of nitrogens with one attached hydrogen (secondary N) is 2. The number of carbonyl (C=O) groups excluding carboxylic acids is 1. The van der Waals surface area contributed by atoms with Crippen LogP contribution in [0.25, 0.3) is 0 Å². The molecule has 0 amide bonds. The predicted octanol–water partition coefficient (Wildman–Crippen LogP) is 5.48. The van der Waals surface area contributed by atoms with Crippen LogP contribution in [0.1, 0.15) is 46.0 Å². The summed E-state index contributed by atoms with van der Waals surface area (Å²) in [6.45, 7) is 5.43. The van der Waals surface area contributed by atoms with Crippen molar-refractivity contribution < 1.29 is 27.4 Å². The largest absolute Gasteiger partial charge is 0.514 e. The van der Waals surface area contributed by atoms with Crippen LogP contribution in [0, 0.1) is 0 Å². The van der Waals surface area contributed by atoms with E-state index in [0.717, 1.165) is 49.9 Å². The lowest BCUT2D eigenvalue weighted by Gasteiger charge is -2.15. The van der Waals surface area contributed by atoms with Gasteiger partial charge in [-0.2, -0.15) is 0 Å². The zero-order chi connectivity index (χ0) is 22.7. The Morgan fingerprint density at radius 1 is 1.10 bits per heavy atom. The predicted molar refractivity (Wildman–Crippen MR) is 123 cm³/mol. The summed E-state index contributed by atoms with van der Waals surface area (Å²) in [5.74, 6) is 0.426. The minimum absolute atomic E-state index is 0.0688. The van der Waals surface area contributed by atoms with Crippen molar-refractivity contribution in [2.45, 2.75) is 50.8 Å². The van der Waals surface area contributed by atoms with Gasteiger partial charge in [0, 0.05) is 18.3 Å². The number of carbonyl (C=O) groups is 1. The number of benzene rings is 1. The van der Waals surface area contributed by atoms with Gasteiger partial charge < -0.3 is 19.5 Å². The molecule has 0 aliphatic heterocycles. The van der Waals surface area contributed by atoms with E-state index in [1.807, 2.05) is 6.92 Å². The molecule has 0 saturated carbocycles. The van der Waals surface area contributed by atoms with Crippen LogP contribution in [0.2, 0.25) is 0 Å². The first-order chi connectivity index (χ1) is 14.9. The maximum Gasteiger partial charge on any atom is 0.514 e. The fraction of sp³-hybridized carbons (Fsp3) is 0.476. The van der Waals surface area contributed by atoms with E-state index in [0.29, 0.717) is 18.0 Å². The van der Waals surface area contributed by atoms with Gasteiger partial charge in [-0.15, -0.1) is 11.3 Å². The molecule has 31 heavy (non-hydrogen) atoms. The van der Waals surface area contributed by atoms with Crippen LogP contribution < -0.4 is 19.5 Å². The molecule has 2 aromatic rings. The second-order valence-electron chi connectivity index (χ2n) is 6.78. The number of rotatable bonds is 13. The van der Waals surface area contributed by atoms with Crippen molar-refractivity contribution in [2.75, 3.05) is 30.3 Å². The lowest BCUT2D eigenvalue weighted by Crippen LogP contribution is -2.16. The number of unbranched alkanes of at least 4 members (excludes halogenated alkanes) is 3. The van der Waals surface area contributed by atoms with E-state index in [2.05, 4.69) is 21.7 Å². The molecule has 0 radical (unpaired) electrons. The third-order valence-electron chi connectivity index (χ3n) is 4.27. The van der Waals surface area contributed by atoms with Crippen molar-refractivity contribution in [3.05, 3.63) is 29.6 Å². The number of anilines is 2. The Bertz CT molecular complexity index is 943. The quantitative estimate of drug-likeness (QED) is 0.295. The molecule has 0 unspecified atom stereocenters. The Kier molecular flexibility index (Phi) is 9.93. The van der Waals surface area contributed by atoms with Crippen LogP contribution in [0.3, 0.4) is 0 Å². The summed E-state index contributed by atoms with van der Waals surface area (Å²) in [5.41, 5.74) is 1.16. The van der Waals surface area contributed by atoms with E-state index >= 15 is 0 Å². The second kappa shape index (κ2) is 12.4. The van der Waals surface area contributed by atoms with E-state index in [-0.39, 0.29) is 9.96 Å². The van der Waals surface area contributed by atoms with E-state index in [1.165, 1.54) is 24.3 Å². The Morgan fingerprint density at radius 2 is 1.90 bits per heavy atom. The van der Waals surface area contributed by atoms with Crippen molar-refractivity contribution in [2.24, 2.45) is 0 Å². The van der Waals surface area contributed by atoms with Crippen LogP contribution in [-0.4, -0.2) is 34.8 Å². The third kappa shape index (κ3) is 7.62. The van der Waals surface area contributed by atoms with Crippen LogP contribution >= 0.6 is 11.3 Å². The Morgan fingerprint density at radius 3 is 2.61 bits per heavy atom. The Balaban J connectivity index is 2.18. The molecular formula is C21H30N2O6S2. The molecule has 1 aromatic carbocycles. The highest BCUT2D eigenvalue weighted by Gasteiger charge is 2.24. The second-order valence-corrected chi connectivity index (χ2v) is 9.31. The van der Waals surface area contributed by atoms with Crippen molar-refractivity contribution in [1.82, 2.24) is 0 Å². The SMILES string of the molecule is CCCCCCNc1ccc(NS(=O)(=O)c2ccsc2OC(=O)OC)c(OCCC)c1. The average Bonchev–Trinajstić information content (AvgIpc) is 3.22. The normalized spacial score (nSPS) is 11.1. The summed E-state index contributed by atoms with van der Waals surface area (Å²) < 4.78 is 43.6. The zero-order valence-electron chi connectivity index (χ0n) is 18.1. The topological polar surface area (TPSA) is 103 Å². The molecule has 0 atom stereocenters. The molecule has 172 valence electrons. The standard InChI is InChI=1S/C21H30N2O6S2/c1-4-6-7-8-12-22-16-9-10-17(18(15-16)28-13-5-2)23-31(25,26)19-11-14-30-20(19)29-21(24)27-3/h9-11,14-15,22-23H,4-8,12-13H2,1-3H3. The summed E-state index contributed by atoms with van der Waals surface area (Å²) in [6, 6.07) is 6.61. The van der Waals surface area contributed by atoms with Gasteiger partial charge in [-0.25, -0.2) is 13.2 Å². The summed E-state index contributed by atoms with van der Waals surface area (Å²) >= 11 is 0.982.